The number of anilines is 2. The quantitative estimate of drug-likeness (QED) is 0.0340. The van der Waals surface area contributed by atoms with Gasteiger partial charge in [-0.05, 0) is 153 Å². The first-order chi connectivity index (χ1) is 43.5. The van der Waals surface area contributed by atoms with Gasteiger partial charge < -0.3 is 15.0 Å². The number of H-pyrrole nitrogens is 2. The number of rotatable bonds is 22. The minimum Gasteiger partial charge on any atom is -0.458 e. The highest BCUT2D eigenvalue weighted by Gasteiger charge is 2.14. The lowest BCUT2D eigenvalue weighted by atomic mass is 10.2. The van der Waals surface area contributed by atoms with Crippen molar-refractivity contribution in [3.8, 4) is 11.4 Å². The number of benzene rings is 8. The van der Waals surface area contributed by atoms with Crippen LogP contribution >= 0.6 is 0 Å². The second-order valence-electron chi connectivity index (χ2n) is 19.0. The van der Waals surface area contributed by atoms with Gasteiger partial charge in [0, 0.05) is 31.0 Å². The maximum atomic E-state index is 12.6. The van der Waals surface area contributed by atoms with E-state index in [9.17, 15) is 14.4 Å². The number of azo groups is 4. The van der Waals surface area contributed by atoms with Crippen LogP contribution < -0.4 is 21.3 Å². The third-order valence-electron chi connectivity index (χ3n) is 12.5. The van der Waals surface area contributed by atoms with E-state index in [4.69, 9.17) is 4.74 Å². The Morgan fingerprint density at radius 1 is 0.461 bits per heavy atom. The van der Waals surface area contributed by atoms with Crippen LogP contribution in [0, 0.1) is 13.8 Å². The molecule has 10 rings (SSSR count). The maximum Gasteiger partial charge on any atom is 0.338 e. The van der Waals surface area contributed by atoms with Crippen LogP contribution in [0.1, 0.15) is 27.3 Å². The summed E-state index contributed by atoms with van der Waals surface area (Å²) < 4.78 is 7.85. The van der Waals surface area contributed by atoms with Gasteiger partial charge >= 0.3 is 5.97 Å². The van der Waals surface area contributed by atoms with Gasteiger partial charge in [-0.1, -0.05) is 128 Å². The molecular formula is C71H68N14O4. The summed E-state index contributed by atoms with van der Waals surface area (Å²) in [5.74, 6) is -0.439. The van der Waals surface area contributed by atoms with Gasteiger partial charge in [0.15, 0.2) is 11.4 Å². The van der Waals surface area contributed by atoms with Crippen molar-refractivity contribution in [2.45, 2.75) is 13.8 Å². The summed E-state index contributed by atoms with van der Waals surface area (Å²) in [6, 6.07) is 67.6. The molecule has 0 radical (unpaired) electrons. The molecular weight excluding hydrogens is 1110 g/mol. The Morgan fingerprint density at radius 3 is 1.22 bits per heavy atom. The Kier molecular flexibility index (Phi) is 25.1. The van der Waals surface area contributed by atoms with Gasteiger partial charge in [-0.15, -0.1) is 30.0 Å². The smallest absolute Gasteiger partial charge is 0.338 e. The molecule has 89 heavy (non-hydrogen) atoms. The number of nitrogens with zero attached hydrogens (tertiary/aromatic N) is 11. The molecule has 0 saturated carbocycles. The number of nitrogens with one attached hydrogen (secondary N) is 3. The molecule has 0 aliphatic heterocycles. The lowest BCUT2D eigenvalue weighted by molar-refractivity contribution is 0.0549. The van der Waals surface area contributed by atoms with Crippen molar-refractivity contribution >= 4 is 68.9 Å². The van der Waals surface area contributed by atoms with Crippen molar-refractivity contribution in [1.82, 2.24) is 19.6 Å². The molecule has 10 aromatic rings. The predicted octanol–water partition coefficient (Wildman–Crippen LogP) is 18.7. The number of ether oxygens (including phenoxy) is 1. The van der Waals surface area contributed by atoms with Crippen LogP contribution in [0.2, 0.25) is 0 Å². The van der Waals surface area contributed by atoms with Crippen molar-refractivity contribution in [3.05, 3.63) is 319 Å². The summed E-state index contributed by atoms with van der Waals surface area (Å²) in [7, 11) is 0. The molecule has 2 aromatic heterocycles. The van der Waals surface area contributed by atoms with Gasteiger partial charge in [-0.2, -0.15) is 30.7 Å². The molecule has 8 aromatic carbocycles. The topological polar surface area (TPSA) is 216 Å². The second kappa shape index (κ2) is 34.7. The summed E-state index contributed by atoms with van der Waals surface area (Å²) in [5.41, 5.74) is 10.9. The van der Waals surface area contributed by atoms with Crippen LogP contribution in [0.15, 0.2) is 326 Å². The molecule has 0 aliphatic carbocycles. The maximum absolute atomic E-state index is 12.6. The monoisotopic (exact) mass is 1180 g/mol. The zero-order chi connectivity index (χ0) is 63.0. The molecule has 18 nitrogen and oxygen atoms in total. The number of carbonyl (C=O) groups is 1. The zero-order valence-corrected chi connectivity index (χ0v) is 49.6. The number of carbonyl (C=O) groups excluding carboxylic acids is 1. The van der Waals surface area contributed by atoms with Gasteiger partial charge in [-0.25, -0.2) is 14.2 Å². The fourth-order valence-corrected chi connectivity index (χ4v) is 7.99. The third-order valence-corrected chi connectivity index (χ3v) is 12.5. The van der Waals surface area contributed by atoms with Gasteiger partial charge in [0.25, 0.3) is 11.1 Å². The van der Waals surface area contributed by atoms with Crippen molar-refractivity contribution < 1.29 is 9.53 Å². The highest BCUT2D eigenvalue weighted by atomic mass is 16.5. The molecule has 0 atom stereocenters. The van der Waals surface area contributed by atoms with Crippen molar-refractivity contribution in [2.24, 2.45) is 40.9 Å². The zero-order valence-electron chi connectivity index (χ0n) is 49.6. The minimum atomic E-state index is -0.439. The molecule has 0 bridgehead atoms. The van der Waals surface area contributed by atoms with Crippen LogP contribution in [-0.4, -0.2) is 51.8 Å². The van der Waals surface area contributed by atoms with E-state index in [1.807, 2.05) is 212 Å². The Balaban J connectivity index is 0.000000171. The van der Waals surface area contributed by atoms with Crippen LogP contribution in [0.4, 0.5) is 56.9 Å². The number of aromatic nitrogens is 4. The van der Waals surface area contributed by atoms with E-state index in [0.717, 1.165) is 70.7 Å². The number of aromatic amines is 2. The SMILES string of the molecule is C=CCN(CC=C)c1ccc(N=Nc2ccccc2)cc1.C=CCNc1ccc(N=Nc2ccccc2)cc1.C=CCOC(=O)c1ccc(N=Nc2c(C)[nH]n(-c3ccccc3)c2=O)cc1.C=Cc1ccc(N=Nc2c(C)[nH]n(-c3ccccc3)c2=O)cc1. The fourth-order valence-electron chi connectivity index (χ4n) is 7.99. The Labute approximate surface area is 517 Å². The first-order valence-electron chi connectivity index (χ1n) is 28.1. The summed E-state index contributed by atoms with van der Waals surface area (Å²) in [4.78, 5) is 39.0. The molecule has 3 N–H and O–H groups in total. The predicted molar refractivity (Wildman–Crippen MR) is 359 cm³/mol. The molecule has 0 amide bonds. The van der Waals surface area contributed by atoms with Crippen LogP contribution in [0.5, 0.6) is 0 Å². The minimum absolute atomic E-state index is 0.154. The van der Waals surface area contributed by atoms with Gasteiger partial charge in [-0.3, -0.25) is 19.8 Å². The largest absolute Gasteiger partial charge is 0.458 e. The Bertz CT molecular complexity index is 4110. The van der Waals surface area contributed by atoms with E-state index in [-0.39, 0.29) is 23.4 Å². The van der Waals surface area contributed by atoms with E-state index in [0.29, 0.717) is 34.0 Å². The summed E-state index contributed by atoms with van der Waals surface area (Å²) in [6.45, 7) is 24.5. The normalized spacial score (nSPS) is 10.7. The number of esters is 1. The van der Waals surface area contributed by atoms with Gasteiger partial charge in [0.05, 0.1) is 62.5 Å². The standard InChI is InChI=1S/C20H18N4O3.C18H16N4O.C18H19N3.C15H15N3/c1-3-13-27-20(26)15-9-11-16(12-10-15)21-22-18-14(2)23-24(19(18)25)17-7-5-4-6-8-17;1-3-14-9-11-15(12-10-14)19-20-17-13(2)21-22(18(17)23)16-7-5-4-6-8-16;1-3-14-21(15-4-2)18-12-10-17(11-13-18)20-19-16-8-6-5-7-9-16;1-2-12-16-13-8-10-15(11-9-13)18-17-14-6-4-3-5-7-14/h3-12,23H,1,13H2,2H3;3-12,21H,1H2,2H3;3-13H,1-2,14-15H2;2-11,16H,1,12H2. The summed E-state index contributed by atoms with van der Waals surface area (Å²) >= 11 is 0. The molecule has 0 spiro atoms. The van der Waals surface area contributed by atoms with Crippen molar-refractivity contribution in [3.63, 3.8) is 0 Å². The molecule has 446 valence electrons. The molecule has 2 heterocycles. The lowest BCUT2D eigenvalue weighted by Gasteiger charge is -2.21. The lowest BCUT2D eigenvalue weighted by Crippen LogP contribution is -2.22. The van der Waals surface area contributed by atoms with E-state index in [1.54, 1.807) is 44.2 Å². The van der Waals surface area contributed by atoms with Crippen LogP contribution in [0.25, 0.3) is 17.5 Å². The van der Waals surface area contributed by atoms with E-state index in [2.05, 4.69) is 94.2 Å². The average Bonchev–Trinajstić information content (AvgIpc) is 4.25. The average molecular weight is 1180 g/mol. The highest BCUT2D eigenvalue weighted by Crippen LogP contribution is 2.25. The molecule has 0 fully saturated rings. The number of aryl methyl sites for hydroxylation is 2. The van der Waals surface area contributed by atoms with Crippen LogP contribution in [-0.2, 0) is 4.74 Å². The molecule has 0 aliphatic rings. The first-order valence-corrected chi connectivity index (χ1v) is 28.1. The Hall–Kier alpha value is -12.1. The molecule has 0 saturated heterocycles. The van der Waals surface area contributed by atoms with Gasteiger partial charge in [0.2, 0.25) is 0 Å². The van der Waals surface area contributed by atoms with Crippen LogP contribution in [0.3, 0.4) is 0 Å². The second-order valence-corrected chi connectivity index (χ2v) is 19.0. The first kappa shape index (κ1) is 64.5. The number of hydrogen-bond acceptors (Lipinski definition) is 14. The molecule has 18 heteroatoms. The van der Waals surface area contributed by atoms with E-state index < -0.39 is 5.97 Å². The highest BCUT2D eigenvalue weighted by molar-refractivity contribution is 5.89. The van der Waals surface area contributed by atoms with Crippen molar-refractivity contribution in [2.75, 3.05) is 36.5 Å². The van der Waals surface area contributed by atoms with E-state index >= 15 is 0 Å². The molecule has 0 unspecified atom stereocenters. The Morgan fingerprint density at radius 2 is 0.831 bits per heavy atom. The number of hydrogen-bond donors (Lipinski definition) is 3. The van der Waals surface area contributed by atoms with Gasteiger partial charge in [0.1, 0.15) is 6.61 Å². The summed E-state index contributed by atoms with van der Waals surface area (Å²) in [6.07, 6.45) is 8.85. The fraction of sp³-hybridized carbons (Fsp3) is 0.0845. The van der Waals surface area contributed by atoms with Crippen molar-refractivity contribution in [1.29, 1.82) is 0 Å². The number of para-hydroxylation sites is 2. The van der Waals surface area contributed by atoms with E-state index in [1.165, 1.54) is 15.4 Å². The third kappa shape index (κ3) is 20.0. The summed E-state index contributed by atoms with van der Waals surface area (Å²) in [5, 5.41) is 42.4.